The van der Waals surface area contributed by atoms with Crippen molar-refractivity contribution in [2.24, 2.45) is 5.92 Å². The molecular formula is C15H29N3. The first-order valence-corrected chi connectivity index (χ1v) is 7.35. The van der Waals surface area contributed by atoms with Crippen LogP contribution in [0, 0.1) is 5.92 Å². The second kappa shape index (κ2) is 9.86. The summed E-state index contributed by atoms with van der Waals surface area (Å²) in [6, 6.07) is 0. The first-order chi connectivity index (χ1) is 8.79. The average Bonchev–Trinajstić information content (AvgIpc) is 2.90. The Labute approximate surface area is 113 Å². The molecule has 1 fully saturated rings. The molecule has 0 amide bonds. The third kappa shape index (κ3) is 5.03. The maximum absolute atomic E-state index is 4.38. The Morgan fingerprint density at radius 1 is 1.17 bits per heavy atom. The predicted molar refractivity (Wildman–Crippen MR) is 80.1 cm³/mol. The predicted octanol–water partition coefficient (Wildman–Crippen LogP) is 3.94. The summed E-state index contributed by atoms with van der Waals surface area (Å²) in [6.07, 6.45) is 6.15. The summed E-state index contributed by atoms with van der Waals surface area (Å²) >= 11 is 0. The van der Waals surface area contributed by atoms with E-state index in [2.05, 4.69) is 28.7 Å². The van der Waals surface area contributed by atoms with E-state index in [-0.39, 0.29) is 0 Å². The Morgan fingerprint density at radius 2 is 1.72 bits per heavy atom. The van der Waals surface area contributed by atoms with E-state index in [1.54, 1.807) is 0 Å². The van der Waals surface area contributed by atoms with E-state index in [1.165, 1.54) is 12.0 Å². The Bertz CT molecular complexity index is 295. The summed E-state index contributed by atoms with van der Waals surface area (Å²) < 4.78 is 0. The fraction of sp³-hybridized carbons (Fsp3) is 0.733. The third-order valence-corrected chi connectivity index (χ3v) is 2.81. The van der Waals surface area contributed by atoms with Crippen LogP contribution < -0.4 is 4.90 Å². The Hall–Kier alpha value is -1.12. The highest BCUT2D eigenvalue weighted by Crippen LogP contribution is 2.19. The molecule has 1 unspecified atom stereocenters. The quantitative estimate of drug-likeness (QED) is 0.797. The van der Waals surface area contributed by atoms with Gasteiger partial charge in [0.25, 0.3) is 0 Å². The maximum Gasteiger partial charge on any atom is 0.225 e. The first kappa shape index (κ1) is 16.9. The number of anilines is 1. The highest BCUT2D eigenvalue weighted by molar-refractivity contribution is 5.31. The van der Waals surface area contributed by atoms with Crippen LogP contribution in [0.1, 0.15) is 53.5 Å². The fourth-order valence-corrected chi connectivity index (χ4v) is 1.81. The van der Waals surface area contributed by atoms with E-state index in [9.17, 15) is 0 Å². The molecule has 1 aliphatic heterocycles. The van der Waals surface area contributed by atoms with Crippen LogP contribution in [0.5, 0.6) is 0 Å². The van der Waals surface area contributed by atoms with Crippen molar-refractivity contribution in [3.8, 4) is 0 Å². The van der Waals surface area contributed by atoms with Crippen molar-refractivity contribution >= 4 is 5.95 Å². The number of nitrogens with zero attached hydrogens (tertiary/aromatic N) is 3. The zero-order valence-corrected chi connectivity index (χ0v) is 12.9. The summed E-state index contributed by atoms with van der Waals surface area (Å²) in [6.45, 7) is 14.6. The topological polar surface area (TPSA) is 29.0 Å². The number of hydrogen-bond acceptors (Lipinski definition) is 3. The van der Waals surface area contributed by atoms with Crippen molar-refractivity contribution in [3.63, 3.8) is 0 Å². The van der Waals surface area contributed by atoms with Gasteiger partial charge < -0.3 is 4.90 Å². The molecule has 2 heterocycles. The molecule has 2 rings (SSSR count). The second-order valence-corrected chi connectivity index (χ2v) is 4.08. The summed E-state index contributed by atoms with van der Waals surface area (Å²) in [7, 11) is 0. The van der Waals surface area contributed by atoms with Crippen molar-refractivity contribution in [3.05, 3.63) is 18.0 Å². The molecule has 0 bridgehead atoms. The van der Waals surface area contributed by atoms with Gasteiger partial charge in [-0.3, -0.25) is 0 Å². The number of hydrogen-bond donors (Lipinski definition) is 0. The van der Waals surface area contributed by atoms with Gasteiger partial charge in [-0.05, 0) is 24.3 Å². The lowest BCUT2D eigenvalue weighted by molar-refractivity contribution is 0.658. The van der Waals surface area contributed by atoms with Crippen LogP contribution in [0.25, 0.3) is 0 Å². The molecule has 0 aliphatic carbocycles. The van der Waals surface area contributed by atoms with Crippen molar-refractivity contribution in [1.29, 1.82) is 0 Å². The van der Waals surface area contributed by atoms with Gasteiger partial charge in [0.1, 0.15) is 0 Å². The fourth-order valence-electron chi connectivity index (χ4n) is 1.81. The molecule has 0 radical (unpaired) electrons. The molecule has 1 aliphatic rings. The molecule has 1 saturated heterocycles. The molecule has 104 valence electrons. The highest BCUT2D eigenvalue weighted by atomic mass is 15.3. The molecule has 18 heavy (non-hydrogen) atoms. The zero-order chi connectivity index (χ0) is 14.0. The Balaban J connectivity index is 0.000000659. The lowest BCUT2D eigenvalue weighted by Gasteiger charge is -2.15. The largest absolute Gasteiger partial charge is 0.341 e. The van der Waals surface area contributed by atoms with Gasteiger partial charge in [-0.1, -0.05) is 41.5 Å². The van der Waals surface area contributed by atoms with Gasteiger partial charge in [-0.2, -0.15) is 0 Å². The Morgan fingerprint density at radius 3 is 2.11 bits per heavy atom. The van der Waals surface area contributed by atoms with Crippen LogP contribution in [0.15, 0.2) is 12.4 Å². The molecule has 0 spiro atoms. The van der Waals surface area contributed by atoms with Gasteiger partial charge in [-0.25, -0.2) is 9.97 Å². The van der Waals surface area contributed by atoms with Crippen molar-refractivity contribution in [2.45, 2.75) is 54.4 Å². The third-order valence-electron chi connectivity index (χ3n) is 2.81. The Kier molecular flexibility index (Phi) is 9.25. The first-order valence-electron chi connectivity index (χ1n) is 7.35. The second-order valence-electron chi connectivity index (χ2n) is 4.08. The van der Waals surface area contributed by atoms with E-state index >= 15 is 0 Å². The number of rotatable bonds is 2. The van der Waals surface area contributed by atoms with Gasteiger partial charge in [0.05, 0.1) is 0 Å². The van der Waals surface area contributed by atoms with Crippen molar-refractivity contribution in [1.82, 2.24) is 9.97 Å². The number of aryl methyl sites for hydroxylation is 1. The average molecular weight is 251 g/mol. The molecule has 0 aromatic carbocycles. The van der Waals surface area contributed by atoms with Crippen LogP contribution in [0.4, 0.5) is 5.95 Å². The van der Waals surface area contributed by atoms with E-state index in [1.807, 2.05) is 40.1 Å². The van der Waals surface area contributed by atoms with Gasteiger partial charge in [0.2, 0.25) is 5.95 Å². The summed E-state index contributed by atoms with van der Waals surface area (Å²) in [5.74, 6) is 1.68. The molecular weight excluding hydrogens is 222 g/mol. The minimum Gasteiger partial charge on any atom is -0.341 e. The summed E-state index contributed by atoms with van der Waals surface area (Å²) in [5.41, 5.74) is 1.21. The molecule has 3 nitrogen and oxygen atoms in total. The van der Waals surface area contributed by atoms with Gasteiger partial charge >= 0.3 is 0 Å². The standard InChI is InChI=1S/C11H17N3.2C2H6/c1-3-10-6-12-11(13-7-10)14-5-4-9(2)8-14;2*1-2/h6-7,9H,3-5,8H2,1-2H3;2*1-2H3. The molecule has 3 heteroatoms. The summed E-state index contributed by atoms with van der Waals surface area (Å²) in [5, 5.41) is 0. The van der Waals surface area contributed by atoms with Crippen LogP contribution in [0.2, 0.25) is 0 Å². The molecule has 0 saturated carbocycles. The van der Waals surface area contributed by atoms with E-state index in [0.29, 0.717) is 0 Å². The molecule has 1 aromatic rings. The van der Waals surface area contributed by atoms with Crippen LogP contribution in [-0.2, 0) is 6.42 Å². The number of aromatic nitrogens is 2. The van der Waals surface area contributed by atoms with Crippen molar-refractivity contribution in [2.75, 3.05) is 18.0 Å². The zero-order valence-electron chi connectivity index (χ0n) is 12.9. The van der Waals surface area contributed by atoms with Crippen molar-refractivity contribution < 1.29 is 0 Å². The SMILES string of the molecule is CC.CC.CCc1cnc(N2CCC(C)C2)nc1. The van der Waals surface area contributed by atoms with Crippen LogP contribution in [-0.4, -0.2) is 23.1 Å². The van der Waals surface area contributed by atoms with E-state index < -0.39 is 0 Å². The lowest BCUT2D eigenvalue weighted by atomic mass is 10.2. The normalized spacial score (nSPS) is 17.4. The van der Waals surface area contributed by atoms with Gasteiger partial charge in [0.15, 0.2) is 0 Å². The molecule has 0 N–H and O–H groups in total. The minimum absolute atomic E-state index is 0.782. The van der Waals surface area contributed by atoms with Crippen LogP contribution >= 0.6 is 0 Å². The summed E-state index contributed by atoms with van der Waals surface area (Å²) in [4.78, 5) is 11.0. The monoisotopic (exact) mass is 251 g/mol. The highest BCUT2D eigenvalue weighted by Gasteiger charge is 2.20. The van der Waals surface area contributed by atoms with Crippen LogP contribution in [0.3, 0.4) is 0 Å². The van der Waals surface area contributed by atoms with Gasteiger partial charge in [-0.15, -0.1) is 0 Å². The molecule has 1 atom stereocenters. The van der Waals surface area contributed by atoms with Gasteiger partial charge in [0, 0.05) is 25.5 Å². The van der Waals surface area contributed by atoms with E-state index in [4.69, 9.17) is 0 Å². The lowest BCUT2D eigenvalue weighted by Crippen LogP contribution is -2.21. The molecule has 1 aromatic heterocycles. The van der Waals surface area contributed by atoms with E-state index in [0.717, 1.165) is 31.4 Å². The smallest absolute Gasteiger partial charge is 0.225 e. The minimum atomic E-state index is 0.782. The maximum atomic E-state index is 4.38.